The molecule has 3 nitrogen and oxygen atoms in total. The van der Waals surface area contributed by atoms with Gasteiger partial charge in [0.25, 0.3) is 0 Å². The van der Waals surface area contributed by atoms with Crippen molar-refractivity contribution in [2.75, 3.05) is 6.54 Å². The second-order valence-electron chi connectivity index (χ2n) is 7.24. The lowest BCUT2D eigenvalue weighted by molar-refractivity contribution is -0.136. The zero-order valence-corrected chi connectivity index (χ0v) is 15.1. The number of rotatable bonds is 5. The van der Waals surface area contributed by atoms with Crippen LogP contribution in [0.2, 0.25) is 0 Å². The van der Waals surface area contributed by atoms with Crippen molar-refractivity contribution >= 4 is 5.91 Å². The average Bonchev–Trinajstić information content (AvgIpc) is 3.02. The van der Waals surface area contributed by atoms with Crippen molar-refractivity contribution in [1.29, 1.82) is 0 Å². The fraction of sp³-hybridized carbons (Fsp3) is 0.409. The Bertz CT molecular complexity index is 686. The van der Waals surface area contributed by atoms with E-state index in [4.69, 9.17) is 5.73 Å². The van der Waals surface area contributed by atoms with Gasteiger partial charge >= 0.3 is 0 Å². The monoisotopic (exact) mass is 336 g/mol. The van der Waals surface area contributed by atoms with Crippen LogP contribution in [0, 0.1) is 11.8 Å². The van der Waals surface area contributed by atoms with Crippen LogP contribution in [0.25, 0.3) is 0 Å². The van der Waals surface area contributed by atoms with Crippen LogP contribution in [0.1, 0.15) is 37.4 Å². The summed E-state index contributed by atoms with van der Waals surface area (Å²) in [6.07, 6.45) is 2.10. The van der Waals surface area contributed by atoms with E-state index in [0.29, 0.717) is 5.92 Å². The van der Waals surface area contributed by atoms with Gasteiger partial charge in [-0.05, 0) is 36.8 Å². The Morgan fingerprint density at radius 2 is 1.72 bits per heavy atom. The number of nitrogens with two attached hydrogens (primary N) is 1. The standard InChI is InChI=1S/C22H28N2O/c1-16(21(23)19-11-7-4-8-12-19)22(25)24-14-13-20(17(24)2)15-18-9-5-3-6-10-18/h3-12,16-17,20-21H,13-15,23H2,1-2H3. The van der Waals surface area contributed by atoms with Crippen molar-refractivity contribution in [3.8, 4) is 0 Å². The van der Waals surface area contributed by atoms with Gasteiger partial charge in [0.2, 0.25) is 5.91 Å². The second-order valence-corrected chi connectivity index (χ2v) is 7.24. The summed E-state index contributed by atoms with van der Waals surface area (Å²) < 4.78 is 0. The highest BCUT2D eigenvalue weighted by Gasteiger charge is 2.37. The van der Waals surface area contributed by atoms with Crippen molar-refractivity contribution in [2.24, 2.45) is 17.6 Å². The molecule has 0 radical (unpaired) electrons. The summed E-state index contributed by atoms with van der Waals surface area (Å²) in [5.41, 5.74) is 8.74. The molecule has 0 spiro atoms. The third-order valence-corrected chi connectivity index (χ3v) is 5.65. The quantitative estimate of drug-likeness (QED) is 0.902. The Kier molecular flexibility index (Phi) is 5.54. The molecule has 1 saturated heterocycles. The first-order chi connectivity index (χ1) is 12.1. The van der Waals surface area contributed by atoms with Crippen LogP contribution < -0.4 is 5.73 Å². The zero-order chi connectivity index (χ0) is 17.8. The minimum Gasteiger partial charge on any atom is -0.339 e. The van der Waals surface area contributed by atoms with Gasteiger partial charge in [0, 0.05) is 18.6 Å². The summed E-state index contributed by atoms with van der Waals surface area (Å²) in [5.74, 6) is 0.492. The first-order valence-corrected chi connectivity index (χ1v) is 9.23. The lowest BCUT2D eigenvalue weighted by atomic mass is 9.92. The molecule has 0 saturated carbocycles. The Hall–Kier alpha value is -2.13. The third kappa shape index (κ3) is 3.93. The van der Waals surface area contributed by atoms with Gasteiger partial charge in [-0.25, -0.2) is 0 Å². The van der Waals surface area contributed by atoms with Gasteiger partial charge in [-0.3, -0.25) is 4.79 Å². The van der Waals surface area contributed by atoms with Crippen molar-refractivity contribution < 1.29 is 4.79 Å². The normalized spacial score (nSPS) is 22.6. The molecule has 3 rings (SSSR count). The van der Waals surface area contributed by atoms with Gasteiger partial charge in [-0.1, -0.05) is 67.6 Å². The van der Waals surface area contributed by atoms with Crippen LogP contribution in [-0.4, -0.2) is 23.4 Å². The van der Waals surface area contributed by atoms with E-state index in [-0.39, 0.29) is 23.9 Å². The molecule has 2 aromatic rings. The second kappa shape index (κ2) is 7.83. The van der Waals surface area contributed by atoms with Crippen LogP contribution in [0.4, 0.5) is 0 Å². The van der Waals surface area contributed by atoms with Crippen molar-refractivity contribution in [3.63, 3.8) is 0 Å². The highest BCUT2D eigenvalue weighted by atomic mass is 16.2. The number of amides is 1. The molecule has 3 heteroatoms. The van der Waals surface area contributed by atoms with Crippen molar-refractivity contribution in [3.05, 3.63) is 71.8 Å². The molecule has 1 fully saturated rings. The molecule has 0 aromatic heterocycles. The topological polar surface area (TPSA) is 46.3 Å². The highest BCUT2D eigenvalue weighted by Crippen LogP contribution is 2.31. The first kappa shape index (κ1) is 17.7. The summed E-state index contributed by atoms with van der Waals surface area (Å²) >= 11 is 0. The summed E-state index contributed by atoms with van der Waals surface area (Å²) in [7, 11) is 0. The van der Waals surface area contributed by atoms with E-state index in [1.54, 1.807) is 0 Å². The van der Waals surface area contributed by atoms with Crippen LogP contribution in [-0.2, 0) is 11.2 Å². The minimum absolute atomic E-state index is 0.180. The first-order valence-electron chi connectivity index (χ1n) is 9.23. The lowest BCUT2D eigenvalue weighted by Crippen LogP contribution is -2.42. The number of likely N-dealkylation sites (tertiary alicyclic amines) is 1. The Morgan fingerprint density at radius 1 is 1.12 bits per heavy atom. The number of nitrogens with zero attached hydrogens (tertiary/aromatic N) is 1. The Morgan fingerprint density at radius 3 is 2.36 bits per heavy atom. The molecule has 0 aliphatic carbocycles. The van der Waals surface area contributed by atoms with Crippen LogP contribution in [0.3, 0.4) is 0 Å². The van der Waals surface area contributed by atoms with E-state index in [1.165, 1.54) is 5.56 Å². The molecule has 25 heavy (non-hydrogen) atoms. The largest absolute Gasteiger partial charge is 0.339 e. The third-order valence-electron chi connectivity index (χ3n) is 5.65. The Labute approximate surface area is 150 Å². The Balaban J connectivity index is 1.64. The van der Waals surface area contributed by atoms with E-state index < -0.39 is 0 Å². The summed E-state index contributed by atoms with van der Waals surface area (Å²) in [5, 5.41) is 0. The van der Waals surface area contributed by atoms with Gasteiger partial charge in [0.05, 0.1) is 5.92 Å². The molecule has 4 unspecified atom stereocenters. The summed E-state index contributed by atoms with van der Waals surface area (Å²) in [4.78, 5) is 15.1. The van der Waals surface area contributed by atoms with E-state index in [0.717, 1.165) is 24.9 Å². The van der Waals surface area contributed by atoms with Gasteiger partial charge in [-0.15, -0.1) is 0 Å². The number of carbonyl (C=O) groups excluding carboxylic acids is 1. The predicted octanol–water partition coefficient (Wildman–Crippen LogP) is 3.80. The molecular formula is C22H28N2O. The van der Waals surface area contributed by atoms with Crippen LogP contribution >= 0.6 is 0 Å². The lowest BCUT2D eigenvalue weighted by Gasteiger charge is -2.30. The SMILES string of the molecule is CC(C(=O)N1CCC(Cc2ccccc2)C1C)C(N)c1ccccc1. The van der Waals surface area contributed by atoms with E-state index in [1.807, 2.05) is 48.2 Å². The summed E-state index contributed by atoms with van der Waals surface area (Å²) in [6, 6.07) is 20.5. The highest BCUT2D eigenvalue weighted by molar-refractivity contribution is 5.80. The summed E-state index contributed by atoms with van der Waals surface area (Å²) in [6.45, 7) is 4.97. The molecule has 1 aliphatic rings. The van der Waals surface area contributed by atoms with Crippen LogP contribution in [0.5, 0.6) is 0 Å². The van der Waals surface area contributed by atoms with Crippen molar-refractivity contribution in [1.82, 2.24) is 4.90 Å². The molecule has 1 aliphatic heterocycles. The zero-order valence-electron chi connectivity index (χ0n) is 15.1. The fourth-order valence-corrected chi connectivity index (χ4v) is 3.88. The van der Waals surface area contributed by atoms with Crippen LogP contribution in [0.15, 0.2) is 60.7 Å². The van der Waals surface area contributed by atoms with E-state index in [2.05, 4.69) is 31.2 Å². The molecular weight excluding hydrogens is 308 g/mol. The van der Waals surface area contributed by atoms with Crippen molar-refractivity contribution in [2.45, 2.75) is 38.8 Å². The van der Waals surface area contributed by atoms with Gasteiger partial charge in [0.1, 0.15) is 0 Å². The van der Waals surface area contributed by atoms with E-state index in [9.17, 15) is 4.79 Å². The average molecular weight is 336 g/mol. The van der Waals surface area contributed by atoms with Gasteiger partial charge < -0.3 is 10.6 Å². The molecule has 2 aromatic carbocycles. The number of carbonyl (C=O) groups is 1. The van der Waals surface area contributed by atoms with Gasteiger partial charge in [0.15, 0.2) is 0 Å². The molecule has 4 atom stereocenters. The fourth-order valence-electron chi connectivity index (χ4n) is 3.88. The minimum atomic E-state index is -0.255. The molecule has 0 bridgehead atoms. The molecule has 132 valence electrons. The maximum atomic E-state index is 13.0. The molecule has 1 amide bonds. The predicted molar refractivity (Wildman–Crippen MR) is 102 cm³/mol. The smallest absolute Gasteiger partial charge is 0.227 e. The van der Waals surface area contributed by atoms with E-state index >= 15 is 0 Å². The van der Waals surface area contributed by atoms with Gasteiger partial charge in [-0.2, -0.15) is 0 Å². The maximum absolute atomic E-state index is 13.0. The molecule has 2 N–H and O–H groups in total. The number of hydrogen-bond donors (Lipinski definition) is 1. The maximum Gasteiger partial charge on any atom is 0.227 e. The number of benzene rings is 2. The number of hydrogen-bond acceptors (Lipinski definition) is 2. The molecule has 1 heterocycles.